The van der Waals surface area contributed by atoms with Crippen LogP contribution in [0, 0.1) is 6.92 Å². The van der Waals surface area contributed by atoms with E-state index in [1.165, 1.54) is 13.1 Å². The summed E-state index contributed by atoms with van der Waals surface area (Å²) in [6, 6.07) is 14.3. The number of nitrogens with zero attached hydrogens (tertiary/aromatic N) is 3. The molecule has 2 aromatic carbocycles. The first kappa shape index (κ1) is 18.3. The number of rotatable bonds is 5. The fraction of sp³-hybridized carbons (Fsp3) is 0.0952. The molecule has 2 N–H and O–H groups in total. The molecule has 8 nitrogen and oxygen atoms in total. The van der Waals surface area contributed by atoms with Crippen LogP contribution in [0.25, 0.3) is 11.1 Å². The van der Waals surface area contributed by atoms with E-state index in [1.807, 2.05) is 24.3 Å². The van der Waals surface area contributed by atoms with Crippen LogP contribution in [-0.4, -0.2) is 26.6 Å². The Kier molecular flexibility index (Phi) is 4.74. The summed E-state index contributed by atoms with van der Waals surface area (Å²) in [7, 11) is 0. The smallest absolute Gasteiger partial charge is 0.302 e. The number of ketones is 1. The fourth-order valence-electron chi connectivity index (χ4n) is 2.76. The van der Waals surface area contributed by atoms with Crippen molar-refractivity contribution < 1.29 is 14.0 Å². The predicted molar refractivity (Wildman–Crippen MR) is 108 cm³/mol. The number of aromatic nitrogens is 3. The zero-order valence-corrected chi connectivity index (χ0v) is 15.8. The maximum absolute atomic E-state index is 12.5. The van der Waals surface area contributed by atoms with Crippen molar-refractivity contribution in [2.24, 2.45) is 0 Å². The summed E-state index contributed by atoms with van der Waals surface area (Å²) in [6.45, 7) is 3.21. The minimum absolute atomic E-state index is 0.0332. The lowest BCUT2D eigenvalue weighted by Gasteiger charge is -2.08. The molecule has 1 amide bonds. The zero-order valence-electron chi connectivity index (χ0n) is 15.8. The number of hydrogen-bond acceptors (Lipinski definition) is 7. The Labute approximate surface area is 166 Å². The number of fused-ring (bicyclic) bond motifs is 1. The van der Waals surface area contributed by atoms with E-state index < -0.39 is 0 Å². The lowest BCUT2D eigenvalue weighted by atomic mass is 10.1. The number of aryl methyl sites for hydroxylation is 1. The van der Waals surface area contributed by atoms with Crippen molar-refractivity contribution in [3.8, 4) is 0 Å². The average Bonchev–Trinajstić information content (AvgIpc) is 3.10. The molecule has 0 aliphatic carbocycles. The van der Waals surface area contributed by atoms with Crippen LogP contribution in [0.15, 0.2) is 59.1 Å². The van der Waals surface area contributed by atoms with Gasteiger partial charge in [0.05, 0.1) is 11.3 Å². The van der Waals surface area contributed by atoms with Crippen LogP contribution in [0.5, 0.6) is 0 Å². The molecular formula is C21H17N5O3. The van der Waals surface area contributed by atoms with Gasteiger partial charge in [0.1, 0.15) is 5.52 Å². The van der Waals surface area contributed by atoms with Crippen LogP contribution in [0.4, 0.5) is 17.7 Å². The van der Waals surface area contributed by atoms with Gasteiger partial charge < -0.3 is 9.73 Å². The van der Waals surface area contributed by atoms with Gasteiger partial charge in [-0.25, -0.2) is 9.97 Å². The van der Waals surface area contributed by atoms with Gasteiger partial charge in [-0.3, -0.25) is 14.9 Å². The number of hydrogen-bond donors (Lipinski definition) is 2. The first-order valence-corrected chi connectivity index (χ1v) is 8.88. The van der Waals surface area contributed by atoms with Crippen molar-refractivity contribution in [1.82, 2.24) is 15.0 Å². The Morgan fingerprint density at radius 3 is 2.45 bits per heavy atom. The van der Waals surface area contributed by atoms with Gasteiger partial charge >= 0.3 is 6.01 Å². The van der Waals surface area contributed by atoms with Crippen LogP contribution in [-0.2, 0) is 0 Å². The molecule has 0 saturated carbocycles. The largest absolute Gasteiger partial charge is 0.423 e. The monoisotopic (exact) mass is 387 g/mol. The molecule has 4 rings (SSSR count). The first-order chi connectivity index (χ1) is 14.0. The fourth-order valence-corrected chi connectivity index (χ4v) is 2.76. The van der Waals surface area contributed by atoms with Gasteiger partial charge in [0, 0.05) is 17.4 Å². The summed E-state index contributed by atoms with van der Waals surface area (Å²) in [4.78, 5) is 36.7. The molecule has 0 spiro atoms. The maximum atomic E-state index is 12.5. The highest BCUT2D eigenvalue weighted by molar-refractivity contribution is 6.05. The number of nitrogens with one attached hydrogen (secondary N) is 2. The van der Waals surface area contributed by atoms with Crippen molar-refractivity contribution >= 4 is 40.4 Å². The molecule has 29 heavy (non-hydrogen) atoms. The number of benzene rings is 2. The quantitative estimate of drug-likeness (QED) is 0.496. The van der Waals surface area contributed by atoms with E-state index in [2.05, 4.69) is 25.6 Å². The maximum Gasteiger partial charge on any atom is 0.302 e. The molecular weight excluding hydrogens is 370 g/mol. The molecule has 2 aromatic heterocycles. The molecule has 0 aliphatic heterocycles. The Morgan fingerprint density at radius 2 is 1.76 bits per heavy atom. The van der Waals surface area contributed by atoms with Crippen LogP contribution >= 0.6 is 0 Å². The Balaban J connectivity index is 1.48. The minimum atomic E-state index is -0.341. The second-order valence-electron chi connectivity index (χ2n) is 6.39. The molecule has 0 saturated heterocycles. The molecule has 8 heteroatoms. The van der Waals surface area contributed by atoms with E-state index in [4.69, 9.17) is 4.42 Å². The molecule has 0 fully saturated rings. The van der Waals surface area contributed by atoms with E-state index in [0.29, 0.717) is 28.1 Å². The Hall–Kier alpha value is -4.07. The third kappa shape index (κ3) is 3.96. The van der Waals surface area contributed by atoms with E-state index in [0.717, 1.165) is 5.52 Å². The lowest BCUT2D eigenvalue weighted by Crippen LogP contribution is -2.15. The zero-order chi connectivity index (χ0) is 20.4. The SMILES string of the molecule is CC(=O)c1ccc(NC(=O)c2cnc(Nc3nc4ccccc4o3)nc2C)cc1. The molecule has 0 bridgehead atoms. The number of oxazole rings is 1. The molecule has 0 aliphatic rings. The van der Waals surface area contributed by atoms with Crippen molar-refractivity contribution in [3.05, 3.63) is 71.5 Å². The van der Waals surface area contributed by atoms with E-state index >= 15 is 0 Å². The van der Waals surface area contributed by atoms with Crippen molar-refractivity contribution in [2.75, 3.05) is 10.6 Å². The number of carbonyl (C=O) groups excluding carboxylic acids is 2. The first-order valence-electron chi connectivity index (χ1n) is 8.88. The topological polar surface area (TPSA) is 110 Å². The van der Waals surface area contributed by atoms with Crippen molar-refractivity contribution in [2.45, 2.75) is 13.8 Å². The molecule has 0 unspecified atom stereocenters. The molecule has 0 radical (unpaired) electrons. The van der Waals surface area contributed by atoms with Gasteiger partial charge in [-0.1, -0.05) is 12.1 Å². The molecule has 0 atom stereocenters. The highest BCUT2D eigenvalue weighted by atomic mass is 16.4. The number of para-hydroxylation sites is 2. The van der Waals surface area contributed by atoms with Gasteiger partial charge in [-0.05, 0) is 50.2 Å². The number of carbonyl (C=O) groups is 2. The van der Waals surface area contributed by atoms with Gasteiger partial charge in [0.15, 0.2) is 11.4 Å². The van der Waals surface area contributed by atoms with Gasteiger partial charge in [-0.2, -0.15) is 4.98 Å². The highest BCUT2D eigenvalue weighted by Gasteiger charge is 2.14. The number of Topliss-reactive ketones (excluding diaryl/α,β-unsaturated/α-hetero) is 1. The van der Waals surface area contributed by atoms with Crippen LogP contribution in [0.2, 0.25) is 0 Å². The van der Waals surface area contributed by atoms with Gasteiger partial charge in [0.25, 0.3) is 5.91 Å². The lowest BCUT2D eigenvalue weighted by molar-refractivity contribution is 0.101. The molecule has 2 heterocycles. The highest BCUT2D eigenvalue weighted by Crippen LogP contribution is 2.21. The molecule has 4 aromatic rings. The van der Waals surface area contributed by atoms with Crippen molar-refractivity contribution in [1.29, 1.82) is 0 Å². The Bertz CT molecular complexity index is 1180. The summed E-state index contributed by atoms with van der Waals surface area (Å²) >= 11 is 0. The van der Waals surface area contributed by atoms with E-state index in [9.17, 15) is 9.59 Å². The molecule has 144 valence electrons. The van der Waals surface area contributed by atoms with E-state index in [1.54, 1.807) is 31.2 Å². The van der Waals surface area contributed by atoms with Gasteiger partial charge in [0.2, 0.25) is 5.95 Å². The third-order valence-corrected chi connectivity index (χ3v) is 4.29. The predicted octanol–water partition coefficient (Wildman–Crippen LogP) is 4.12. The van der Waals surface area contributed by atoms with Crippen molar-refractivity contribution in [3.63, 3.8) is 0 Å². The van der Waals surface area contributed by atoms with Crippen LogP contribution in [0.3, 0.4) is 0 Å². The summed E-state index contributed by atoms with van der Waals surface area (Å²) in [6.07, 6.45) is 1.44. The second-order valence-corrected chi connectivity index (χ2v) is 6.39. The van der Waals surface area contributed by atoms with Crippen LogP contribution in [0.1, 0.15) is 33.3 Å². The van der Waals surface area contributed by atoms with Crippen LogP contribution < -0.4 is 10.6 Å². The number of amides is 1. The normalized spacial score (nSPS) is 10.7. The van der Waals surface area contributed by atoms with E-state index in [-0.39, 0.29) is 23.7 Å². The second kappa shape index (κ2) is 7.51. The Morgan fingerprint density at radius 1 is 1.00 bits per heavy atom. The summed E-state index contributed by atoms with van der Waals surface area (Å²) in [5.74, 6) is -0.0999. The number of anilines is 3. The summed E-state index contributed by atoms with van der Waals surface area (Å²) in [5.41, 5.74) is 3.36. The summed E-state index contributed by atoms with van der Waals surface area (Å²) < 4.78 is 5.59. The average molecular weight is 387 g/mol. The minimum Gasteiger partial charge on any atom is -0.423 e. The van der Waals surface area contributed by atoms with Gasteiger partial charge in [-0.15, -0.1) is 0 Å². The summed E-state index contributed by atoms with van der Waals surface area (Å²) in [5, 5.41) is 5.67. The standard InChI is InChI=1S/C21H17N5O3/c1-12-16(19(28)24-15-9-7-14(8-10-15)13(2)27)11-22-20(23-12)26-21-25-17-5-3-4-6-18(17)29-21/h3-11H,1-2H3,(H,24,28)(H,22,23,25,26). The third-order valence-electron chi connectivity index (χ3n) is 4.29.